The number of para-hydroxylation sites is 2. The molecule has 222 valence electrons. The topological polar surface area (TPSA) is 6.48 Å². The van der Waals surface area contributed by atoms with E-state index in [1.807, 2.05) is 0 Å². The molecule has 0 radical (unpaired) electrons. The standard InChI is InChI=1S/C44H36N2/c1-33-29-34(2)31-44(30-33)46(43-28-23-37-11-9-10-12-38(37)32-43)42-26-21-36(22-27-42)18-17-35-19-24-41(25-20-35)45(39-13-5-3-6-14-39)40-15-7-4-8-16-40/h3-32H,1-2H3. The average Bonchev–Trinajstić information content (AvgIpc) is 3.09. The van der Waals surface area contributed by atoms with Crippen molar-refractivity contribution in [3.05, 3.63) is 192 Å². The Balaban J connectivity index is 1.16. The first kappa shape index (κ1) is 28.9. The van der Waals surface area contributed by atoms with Gasteiger partial charge >= 0.3 is 0 Å². The van der Waals surface area contributed by atoms with Crippen LogP contribution in [-0.2, 0) is 0 Å². The van der Waals surface area contributed by atoms with E-state index in [9.17, 15) is 0 Å². The van der Waals surface area contributed by atoms with Gasteiger partial charge in [0.05, 0.1) is 0 Å². The molecule has 0 aromatic heterocycles. The van der Waals surface area contributed by atoms with Gasteiger partial charge in [-0.05, 0) is 120 Å². The minimum atomic E-state index is 1.12. The third-order valence-electron chi connectivity index (χ3n) is 8.26. The molecule has 7 aromatic carbocycles. The Kier molecular flexibility index (Phi) is 8.17. The lowest BCUT2D eigenvalue weighted by molar-refractivity contribution is 1.26. The third-order valence-corrected chi connectivity index (χ3v) is 8.26. The second kappa shape index (κ2) is 13.0. The minimum absolute atomic E-state index is 1.12. The minimum Gasteiger partial charge on any atom is -0.311 e. The number of nitrogens with zero attached hydrogens (tertiary/aromatic N) is 2. The quantitative estimate of drug-likeness (QED) is 0.162. The van der Waals surface area contributed by atoms with E-state index >= 15 is 0 Å². The van der Waals surface area contributed by atoms with Crippen LogP contribution in [0.4, 0.5) is 34.1 Å². The molecule has 0 heterocycles. The fourth-order valence-corrected chi connectivity index (χ4v) is 6.11. The Morgan fingerprint density at radius 1 is 0.326 bits per heavy atom. The molecule has 7 aromatic rings. The number of hydrogen-bond donors (Lipinski definition) is 0. The second-order valence-electron chi connectivity index (χ2n) is 11.7. The van der Waals surface area contributed by atoms with E-state index in [0.29, 0.717) is 0 Å². The van der Waals surface area contributed by atoms with Crippen molar-refractivity contribution in [3.63, 3.8) is 0 Å². The van der Waals surface area contributed by atoms with Crippen molar-refractivity contribution in [2.75, 3.05) is 9.80 Å². The first-order valence-electron chi connectivity index (χ1n) is 15.8. The fraction of sp³-hybridized carbons (Fsp3) is 0.0455. The zero-order chi connectivity index (χ0) is 31.3. The van der Waals surface area contributed by atoms with E-state index in [-0.39, 0.29) is 0 Å². The van der Waals surface area contributed by atoms with E-state index in [2.05, 4.69) is 206 Å². The normalized spacial score (nSPS) is 11.2. The Hall–Kier alpha value is -5.86. The maximum atomic E-state index is 2.35. The van der Waals surface area contributed by atoms with Gasteiger partial charge in [0.2, 0.25) is 0 Å². The molecular weight excluding hydrogens is 556 g/mol. The summed E-state index contributed by atoms with van der Waals surface area (Å²) in [6.07, 6.45) is 4.36. The van der Waals surface area contributed by atoms with Crippen LogP contribution in [0.2, 0.25) is 0 Å². The first-order chi connectivity index (χ1) is 22.6. The van der Waals surface area contributed by atoms with Crippen molar-refractivity contribution < 1.29 is 0 Å². The fourth-order valence-electron chi connectivity index (χ4n) is 6.11. The molecule has 0 spiro atoms. The van der Waals surface area contributed by atoms with Gasteiger partial charge in [0.25, 0.3) is 0 Å². The van der Waals surface area contributed by atoms with Crippen molar-refractivity contribution in [2.24, 2.45) is 0 Å². The van der Waals surface area contributed by atoms with Gasteiger partial charge in [0, 0.05) is 34.1 Å². The third kappa shape index (κ3) is 6.33. The van der Waals surface area contributed by atoms with Gasteiger partial charge in [0.1, 0.15) is 0 Å². The number of aryl methyl sites for hydroxylation is 2. The molecule has 0 aliphatic rings. The highest BCUT2D eigenvalue weighted by Gasteiger charge is 2.14. The summed E-state index contributed by atoms with van der Waals surface area (Å²) in [5.41, 5.74) is 11.6. The van der Waals surface area contributed by atoms with Gasteiger partial charge in [-0.2, -0.15) is 0 Å². The number of hydrogen-bond acceptors (Lipinski definition) is 2. The largest absolute Gasteiger partial charge is 0.311 e. The van der Waals surface area contributed by atoms with E-state index in [1.54, 1.807) is 0 Å². The number of rotatable bonds is 8. The molecule has 7 rings (SSSR count). The Morgan fingerprint density at radius 2 is 0.739 bits per heavy atom. The van der Waals surface area contributed by atoms with E-state index in [4.69, 9.17) is 0 Å². The van der Waals surface area contributed by atoms with Gasteiger partial charge in [-0.15, -0.1) is 0 Å². The van der Waals surface area contributed by atoms with E-state index in [0.717, 1.165) is 45.3 Å². The SMILES string of the molecule is Cc1cc(C)cc(N(c2ccc(C=Cc3ccc(N(c4ccccc4)c4ccccc4)cc3)cc2)c2ccc3ccccc3c2)c1. The highest BCUT2D eigenvalue weighted by molar-refractivity contribution is 5.89. The predicted molar refractivity (Wildman–Crippen MR) is 198 cm³/mol. The monoisotopic (exact) mass is 592 g/mol. The molecule has 0 fully saturated rings. The molecule has 2 nitrogen and oxygen atoms in total. The average molecular weight is 593 g/mol. The number of benzene rings is 7. The van der Waals surface area contributed by atoms with Crippen LogP contribution in [0.1, 0.15) is 22.3 Å². The molecule has 0 atom stereocenters. The van der Waals surface area contributed by atoms with Crippen LogP contribution in [0.5, 0.6) is 0 Å². The summed E-state index contributed by atoms with van der Waals surface area (Å²) in [5.74, 6) is 0. The molecule has 2 heteroatoms. The summed E-state index contributed by atoms with van der Waals surface area (Å²) in [5, 5.41) is 2.48. The molecule has 0 aliphatic carbocycles. The summed E-state index contributed by atoms with van der Waals surface area (Å²) in [6, 6.07) is 60.6. The highest BCUT2D eigenvalue weighted by atomic mass is 15.1. The molecule has 0 saturated carbocycles. The van der Waals surface area contributed by atoms with Crippen molar-refractivity contribution in [1.29, 1.82) is 0 Å². The molecular formula is C44H36N2. The summed E-state index contributed by atoms with van der Waals surface area (Å²) in [6.45, 7) is 4.33. The highest BCUT2D eigenvalue weighted by Crippen LogP contribution is 2.38. The van der Waals surface area contributed by atoms with Crippen molar-refractivity contribution in [3.8, 4) is 0 Å². The lowest BCUT2D eigenvalue weighted by atomic mass is 10.1. The molecule has 0 bridgehead atoms. The van der Waals surface area contributed by atoms with Crippen LogP contribution < -0.4 is 9.80 Å². The molecule has 0 N–H and O–H groups in total. The Labute approximate surface area is 272 Å². The predicted octanol–water partition coefficient (Wildman–Crippen LogP) is 12.6. The van der Waals surface area contributed by atoms with Gasteiger partial charge in [-0.3, -0.25) is 0 Å². The van der Waals surface area contributed by atoms with Crippen LogP contribution >= 0.6 is 0 Å². The van der Waals surface area contributed by atoms with Gasteiger partial charge in [-0.1, -0.05) is 109 Å². The van der Waals surface area contributed by atoms with Crippen LogP contribution in [0, 0.1) is 13.8 Å². The number of anilines is 6. The van der Waals surface area contributed by atoms with Crippen LogP contribution in [0.3, 0.4) is 0 Å². The van der Waals surface area contributed by atoms with Crippen LogP contribution in [0.25, 0.3) is 22.9 Å². The zero-order valence-corrected chi connectivity index (χ0v) is 26.2. The number of fused-ring (bicyclic) bond motifs is 1. The lowest BCUT2D eigenvalue weighted by Crippen LogP contribution is -2.10. The van der Waals surface area contributed by atoms with Crippen molar-refractivity contribution >= 4 is 57.0 Å². The zero-order valence-electron chi connectivity index (χ0n) is 26.2. The maximum Gasteiger partial charge on any atom is 0.0468 e. The Bertz CT molecular complexity index is 2040. The molecule has 0 aliphatic heterocycles. The van der Waals surface area contributed by atoms with Crippen molar-refractivity contribution in [2.45, 2.75) is 13.8 Å². The molecule has 0 amide bonds. The summed E-state index contributed by atoms with van der Waals surface area (Å²) < 4.78 is 0. The summed E-state index contributed by atoms with van der Waals surface area (Å²) in [4.78, 5) is 4.63. The second-order valence-corrected chi connectivity index (χ2v) is 11.7. The molecule has 46 heavy (non-hydrogen) atoms. The van der Waals surface area contributed by atoms with Crippen molar-refractivity contribution in [1.82, 2.24) is 0 Å². The maximum absolute atomic E-state index is 2.35. The van der Waals surface area contributed by atoms with Gasteiger partial charge in [0.15, 0.2) is 0 Å². The summed E-state index contributed by atoms with van der Waals surface area (Å²) >= 11 is 0. The molecule has 0 saturated heterocycles. The lowest BCUT2D eigenvalue weighted by Gasteiger charge is -2.26. The van der Waals surface area contributed by atoms with Gasteiger partial charge < -0.3 is 9.80 Å². The smallest absolute Gasteiger partial charge is 0.0468 e. The van der Waals surface area contributed by atoms with Crippen LogP contribution in [-0.4, -0.2) is 0 Å². The van der Waals surface area contributed by atoms with Crippen LogP contribution in [0.15, 0.2) is 170 Å². The summed E-state index contributed by atoms with van der Waals surface area (Å²) in [7, 11) is 0. The Morgan fingerprint density at radius 3 is 1.26 bits per heavy atom. The molecule has 0 unspecified atom stereocenters. The van der Waals surface area contributed by atoms with Gasteiger partial charge in [-0.25, -0.2) is 0 Å². The first-order valence-corrected chi connectivity index (χ1v) is 15.8. The van der Waals surface area contributed by atoms with E-state index in [1.165, 1.54) is 21.9 Å². The van der Waals surface area contributed by atoms with E-state index < -0.39 is 0 Å².